The minimum atomic E-state index is 0.310. The summed E-state index contributed by atoms with van der Waals surface area (Å²) in [6.07, 6.45) is 10.2. The highest BCUT2D eigenvalue weighted by molar-refractivity contribution is 5.25. The lowest BCUT2D eigenvalue weighted by molar-refractivity contribution is 0.120. The normalized spacial score (nSPS) is 31.9. The highest BCUT2D eigenvalue weighted by Gasteiger charge is 2.38. The van der Waals surface area contributed by atoms with Gasteiger partial charge < -0.3 is 10.1 Å². The summed E-state index contributed by atoms with van der Waals surface area (Å²) in [7, 11) is 0. The van der Waals surface area contributed by atoms with Crippen LogP contribution in [0.1, 0.15) is 44.6 Å². The van der Waals surface area contributed by atoms with E-state index in [1.165, 1.54) is 24.8 Å². The molecule has 1 aromatic heterocycles. The Morgan fingerprint density at radius 3 is 2.92 bits per heavy atom. The van der Waals surface area contributed by atoms with Gasteiger partial charge in [-0.05, 0) is 25.7 Å². The van der Waals surface area contributed by atoms with Gasteiger partial charge in [0.15, 0.2) is 0 Å². The van der Waals surface area contributed by atoms with Gasteiger partial charge >= 0.3 is 0 Å². The molecule has 4 atom stereocenters. The topological polar surface area (TPSA) is 74.3 Å². The van der Waals surface area contributed by atoms with E-state index >= 15 is 0 Å². The Labute approximate surface area is 156 Å². The second-order valence-corrected chi connectivity index (χ2v) is 7.91. The largest absolute Gasteiger partial charge is 0.376 e. The zero-order valence-corrected chi connectivity index (χ0v) is 15.8. The Hall–Kier alpha value is -1.28. The molecule has 0 radical (unpaired) electrons. The number of hydrogen-bond donors (Lipinski definition) is 3. The van der Waals surface area contributed by atoms with Gasteiger partial charge in [-0.3, -0.25) is 15.8 Å². The predicted molar refractivity (Wildman–Crippen MR) is 102 cm³/mol. The van der Waals surface area contributed by atoms with Crippen molar-refractivity contribution in [3.8, 4) is 0 Å². The summed E-state index contributed by atoms with van der Waals surface area (Å²) in [4.78, 5) is 11.5. The van der Waals surface area contributed by atoms with Crippen LogP contribution >= 0.6 is 0 Å². The number of likely N-dealkylation sites (tertiary alicyclic amines) is 1. The number of rotatable bonds is 7. The first-order valence-corrected chi connectivity index (χ1v) is 10.2. The Morgan fingerprint density at radius 2 is 2.15 bits per heavy atom. The summed E-state index contributed by atoms with van der Waals surface area (Å²) >= 11 is 0. The van der Waals surface area contributed by atoms with Crippen molar-refractivity contribution in [1.29, 1.82) is 0 Å². The van der Waals surface area contributed by atoms with Crippen LogP contribution in [0.2, 0.25) is 0 Å². The third-order valence-electron chi connectivity index (χ3n) is 5.94. The van der Waals surface area contributed by atoms with E-state index in [-0.39, 0.29) is 0 Å². The average molecular weight is 361 g/mol. The number of piperidine rings is 1. The third kappa shape index (κ3) is 4.34. The van der Waals surface area contributed by atoms with Crippen molar-refractivity contribution in [1.82, 2.24) is 25.7 Å². The molecule has 3 fully saturated rings. The maximum atomic E-state index is 5.62. The van der Waals surface area contributed by atoms with Gasteiger partial charge in [0.05, 0.1) is 6.10 Å². The molecule has 0 amide bonds. The fourth-order valence-electron chi connectivity index (χ4n) is 4.50. The van der Waals surface area contributed by atoms with Gasteiger partial charge in [-0.1, -0.05) is 13.3 Å². The van der Waals surface area contributed by atoms with Crippen molar-refractivity contribution >= 4 is 5.95 Å². The second kappa shape index (κ2) is 8.61. The monoisotopic (exact) mass is 360 g/mol. The predicted octanol–water partition coefficient (Wildman–Crippen LogP) is 1.53. The maximum absolute atomic E-state index is 5.62. The fourth-order valence-corrected chi connectivity index (χ4v) is 4.50. The van der Waals surface area contributed by atoms with E-state index < -0.39 is 0 Å². The van der Waals surface area contributed by atoms with Crippen LogP contribution in [0, 0.1) is 5.92 Å². The summed E-state index contributed by atoms with van der Waals surface area (Å²) in [5, 5.41) is 3.29. The van der Waals surface area contributed by atoms with Gasteiger partial charge in [-0.15, -0.1) is 0 Å². The van der Waals surface area contributed by atoms with E-state index in [0.717, 1.165) is 45.6 Å². The van der Waals surface area contributed by atoms with Crippen molar-refractivity contribution in [3.63, 3.8) is 0 Å². The molecule has 3 N–H and O–H groups in total. The number of nitrogens with one attached hydrogen (secondary N) is 3. The van der Waals surface area contributed by atoms with Crippen LogP contribution in [0.4, 0.5) is 5.95 Å². The molecule has 26 heavy (non-hydrogen) atoms. The van der Waals surface area contributed by atoms with Crippen molar-refractivity contribution in [2.45, 2.75) is 63.8 Å². The van der Waals surface area contributed by atoms with E-state index in [2.05, 4.69) is 38.0 Å². The SMILES string of the molecule is CCCC1NNC2CCN(Cc3cnc(NCC4CCCO4)nc3)CC12. The number of anilines is 1. The lowest BCUT2D eigenvalue weighted by atomic mass is 9.86. The minimum absolute atomic E-state index is 0.310. The quantitative estimate of drug-likeness (QED) is 0.681. The molecule has 4 heterocycles. The summed E-state index contributed by atoms with van der Waals surface area (Å²) in [5.41, 5.74) is 8.20. The molecular formula is C19H32N6O. The summed E-state index contributed by atoms with van der Waals surface area (Å²) in [6.45, 7) is 7.17. The summed E-state index contributed by atoms with van der Waals surface area (Å²) < 4.78 is 5.62. The molecule has 0 spiro atoms. The van der Waals surface area contributed by atoms with E-state index in [0.29, 0.717) is 30.1 Å². The molecule has 4 rings (SSSR count). The molecule has 144 valence electrons. The number of hydrogen-bond acceptors (Lipinski definition) is 7. The van der Waals surface area contributed by atoms with Crippen LogP contribution < -0.4 is 16.2 Å². The van der Waals surface area contributed by atoms with Crippen LogP contribution in [0.25, 0.3) is 0 Å². The molecule has 0 aromatic carbocycles. The fraction of sp³-hybridized carbons (Fsp3) is 0.789. The standard InChI is InChI=1S/C19H32N6O/c1-2-4-17-16-13-25(7-6-18(16)24-23-17)12-14-9-20-19(21-10-14)22-11-15-5-3-8-26-15/h9-10,15-18,23-24H,2-8,11-13H2,1H3,(H,20,21,22). The number of nitrogens with zero attached hydrogens (tertiary/aromatic N) is 3. The molecule has 3 saturated heterocycles. The maximum Gasteiger partial charge on any atom is 0.222 e. The molecule has 0 aliphatic carbocycles. The lowest BCUT2D eigenvalue weighted by Crippen LogP contribution is -2.46. The number of fused-ring (bicyclic) bond motifs is 1. The van der Waals surface area contributed by atoms with Crippen LogP contribution in [0.3, 0.4) is 0 Å². The Balaban J connectivity index is 1.27. The smallest absolute Gasteiger partial charge is 0.222 e. The van der Waals surface area contributed by atoms with Crippen LogP contribution in [0.5, 0.6) is 0 Å². The van der Waals surface area contributed by atoms with Gasteiger partial charge in [-0.25, -0.2) is 9.97 Å². The molecular weight excluding hydrogens is 328 g/mol. The first kappa shape index (κ1) is 18.1. The van der Waals surface area contributed by atoms with Gasteiger partial charge in [-0.2, -0.15) is 0 Å². The summed E-state index contributed by atoms with van der Waals surface area (Å²) in [5.74, 6) is 1.41. The Bertz CT molecular complexity index is 562. The molecule has 0 saturated carbocycles. The van der Waals surface area contributed by atoms with Crippen LogP contribution in [-0.4, -0.2) is 59.3 Å². The van der Waals surface area contributed by atoms with Gasteiger partial charge in [0, 0.05) is 68.7 Å². The number of hydrazine groups is 1. The van der Waals surface area contributed by atoms with Gasteiger partial charge in [0.1, 0.15) is 0 Å². The molecule has 1 aromatic rings. The zero-order valence-electron chi connectivity index (χ0n) is 15.8. The van der Waals surface area contributed by atoms with Crippen molar-refractivity contribution in [3.05, 3.63) is 18.0 Å². The van der Waals surface area contributed by atoms with Gasteiger partial charge in [0.2, 0.25) is 5.95 Å². The first-order chi connectivity index (χ1) is 12.8. The van der Waals surface area contributed by atoms with Crippen molar-refractivity contribution in [2.24, 2.45) is 5.92 Å². The van der Waals surface area contributed by atoms with E-state index in [1.54, 1.807) is 0 Å². The highest BCUT2D eigenvalue weighted by Crippen LogP contribution is 2.27. The van der Waals surface area contributed by atoms with Gasteiger partial charge in [0.25, 0.3) is 0 Å². The van der Waals surface area contributed by atoms with Crippen molar-refractivity contribution in [2.75, 3.05) is 31.6 Å². The van der Waals surface area contributed by atoms with Crippen LogP contribution in [-0.2, 0) is 11.3 Å². The Morgan fingerprint density at radius 1 is 1.27 bits per heavy atom. The molecule has 3 aliphatic rings. The van der Waals surface area contributed by atoms with Crippen LogP contribution in [0.15, 0.2) is 12.4 Å². The molecule has 7 heteroatoms. The van der Waals surface area contributed by atoms with E-state index in [1.807, 2.05) is 12.4 Å². The minimum Gasteiger partial charge on any atom is -0.376 e. The highest BCUT2D eigenvalue weighted by atomic mass is 16.5. The average Bonchev–Trinajstić information content (AvgIpc) is 3.32. The Kier molecular flexibility index (Phi) is 5.99. The first-order valence-electron chi connectivity index (χ1n) is 10.2. The van der Waals surface area contributed by atoms with E-state index in [9.17, 15) is 0 Å². The van der Waals surface area contributed by atoms with Crippen molar-refractivity contribution < 1.29 is 4.74 Å². The second-order valence-electron chi connectivity index (χ2n) is 7.91. The zero-order chi connectivity index (χ0) is 17.8. The third-order valence-corrected chi connectivity index (χ3v) is 5.94. The molecule has 0 bridgehead atoms. The lowest BCUT2D eigenvalue weighted by Gasteiger charge is -2.36. The molecule has 7 nitrogen and oxygen atoms in total. The van der Waals surface area contributed by atoms with E-state index in [4.69, 9.17) is 4.74 Å². The summed E-state index contributed by atoms with van der Waals surface area (Å²) in [6, 6.07) is 1.23. The molecule has 3 aliphatic heterocycles. The number of aromatic nitrogens is 2. The molecule has 4 unspecified atom stereocenters. The number of ether oxygens (including phenoxy) is 1.